The van der Waals surface area contributed by atoms with Gasteiger partial charge in [-0.05, 0) is 44.2 Å². The molecule has 3 amide bonds. The molecule has 152 valence electrons. The van der Waals surface area contributed by atoms with Crippen LogP contribution in [-0.4, -0.2) is 34.1 Å². The molecule has 0 saturated heterocycles. The number of rotatable bonds is 6. The van der Waals surface area contributed by atoms with Gasteiger partial charge >= 0.3 is 6.03 Å². The summed E-state index contributed by atoms with van der Waals surface area (Å²) in [7, 11) is 0. The quantitative estimate of drug-likeness (QED) is 0.592. The van der Waals surface area contributed by atoms with Crippen molar-refractivity contribution >= 4 is 28.7 Å². The highest BCUT2D eigenvalue weighted by Gasteiger charge is 2.11. The first-order valence-electron chi connectivity index (χ1n) is 9.09. The Morgan fingerprint density at radius 3 is 2.66 bits per heavy atom. The standard InChI is InChI=1S/C20H21F2N5O2/c1-12(2)25-19(28)13-3-6-18-17(9-13)24-11-27(18)8-7-23-20(29)26-16-5-4-14(21)10-15(16)22/h3-6,9-12H,7-8H2,1-2H3,(H,25,28)(H2,23,26,29). The maximum absolute atomic E-state index is 13.6. The summed E-state index contributed by atoms with van der Waals surface area (Å²) in [5.41, 5.74) is 1.90. The Bertz CT molecular complexity index is 1050. The Labute approximate surface area is 166 Å². The molecule has 0 bridgehead atoms. The highest BCUT2D eigenvalue weighted by Crippen LogP contribution is 2.16. The smallest absolute Gasteiger partial charge is 0.319 e. The van der Waals surface area contributed by atoms with E-state index in [-0.39, 0.29) is 24.2 Å². The number of halogens is 2. The van der Waals surface area contributed by atoms with Crippen molar-refractivity contribution in [3.63, 3.8) is 0 Å². The Morgan fingerprint density at radius 2 is 1.93 bits per heavy atom. The van der Waals surface area contributed by atoms with Gasteiger partial charge in [0, 0.05) is 30.8 Å². The number of nitrogens with one attached hydrogen (secondary N) is 3. The lowest BCUT2D eigenvalue weighted by atomic mass is 10.2. The molecular formula is C20H21F2N5O2. The van der Waals surface area contributed by atoms with E-state index in [9.17, 15) is 18.4 Å². The maximum Gasteiger partial charge on any atom is 0.319 e. The fourth-order valence-corrected chi connectivity index (χ4v) is 2.78. The maximum atomic E-state index is 13.6. The summed E-state index contributed by atoms with van der Waals surface area (Å²) in [5, 5.41) is 7.76. The van der Waals surface area contributed by atoms with Crippen LogP contribution in [0, 0.1) is 11.6 Å². The van der Waals surface area contributed by atoms with E-state index in [0.717, 1.165) is 17.6 Å². The molecule has 29 heavy (non-hydrogen) atoms. The van der Waals surface area contributed by atoms with Crippen molar-refractivity contribution in [3.05, 3.63) is 59.9 Å². The summed E-state index contributed by atoms with van der Waals surface area (Å²) < 4.78 is 28.3. The molecule has 2 aromatic carbocycles. The third kappa shape index (κ3) is 5.07. The molecule has 0 radical (unpaired) electrons. The predicted molar refractivity (Wildman–Crippen MR) is 106 cm³/mol. The van der Waals surface area contributed by atoms with E-state index in [1.165, 1.54) is 0 Å². The summed E-state index contributed by atoms with van der Waals surface area (Å²) in [6, 6.07) is 7.57. The molecule has 1 aromatic heterocycles. The van der Waals surface area contributed by atoms with Gasteiger partial charge in [0.1, 0.15) is 11.6 Å². The van der Waals surface area contributed by atoms with E-state index in [1.54, 1.807) is 24.5 Å². The molecule has 0 fully saturated rings. The first-order valence-corrected chi connectivity index (χ1v) is 9.09. The third-order valence-corrected chi connectivity index (χ3v) is 4.12. The monoisotopic (exact) mass is 401 g/mol. The number of imidazole rings is 1. The lowest BCUT2D eigenvalue weighted by Gasteiger charge is -2.10. The van der Waals surface area contributed by atoms with Gasteiger partial charge in [-0.2, -0.15) is 0 Å². The summed E-state index contributed by atoms with van der Waals surface area (Å²) in [6.07, 6.45) is 1.62. The minimum absolute atomic E-state index is 0.0383. The molecule has 0 atom stereocenters. The van der Waals surface area contributed by atoms with Crippen LogP contribution in [0.15, 0.2) is 42.7 Å². The van der Waals surface area contributed by atoms with E-state index in [4.69, 9.17) is 0 Å². The number of hydrogen-bond acceptors (Lipinski definition) is 3. The molecule has 7 nitrogen and oxygen atoms in total. The van der Waals surface area contributed by atoms with Gasteiger partial charge in [0.05, 0.1) is 23.0 Å². The zero-order chi connectivity index (χ0) is 21.0. The van der Waals surface area contributed by atoms with Crippen LogP contribution in [0.2, 0.25) is 0 Å². The molecule has 0 aliphatic rings. The second kappa shape index (κ2) is 8.68. The van der Waals surface area contributed by atoms with Gasteiger partial charge < -0.3 is 20.5 Å². The highest BCUT2D eigenvalue weighted by atomic mass is 19.1. The first kappa shape index (κ1) is 20.2. The van der Waals surface area contributed by atoms with E-state index in [1.807, 2.05) is 18.4 Å². The Hall–Kier alpha value is -3.49. The molecule has 0 spiro atoms. The number of amides is 3. The Balaban J connectivity index is 1.58. The third-order valence-electron chi connectivity index (χ3n) is 4.12. The summed E-state index contributed by atoms with van der Waals surface area (Å²) >= 11 is 0. The average Bonchev–Trinajstić information content (AvgIpc) is 3.06. The van der Waals surface area contributed by atoms with Crippen LogP contribution >= 0.6 is 0 Å². The molecule has 0 aliphatic heterocycles. The Morgan fingerprint density at radius 1 is 1.14 bits per heavy atom. The van der Waals surface area contributed by atoms with Gasteiger partial charge in [0.15, 0.2) is 0 Å². The second-order valence-corrected chi connectivity index (χ2v) is 6.77. The number of nitrogens with zero attached hydrogens (tertiary/aromatic N) is 2. The number of urea groups is 1. The van der Waals surface area contributed by atoms with Crippen molar-refractivity contribution in [1.82, 2.24) is 20.2 Å². The zero-order valence-electron chi connectivity index (χ0n) is 16.0. The van der Waals surface area contributed by atoms with Crippen molar-refractivity contribution < 1.29 is 18.4 Å². The van der Waals surface area contributed by atoms with E-state index in [0.29, 0.717) is 23.7 Å². The van der Waals surface area contributed by atoms with Crippen LogP contribution in [0.5, 0.6) is 0 Å². The van der Waals surface area contributed by atoms with Crippen LogP contribution in [0.3, 0.4) is 0 Å². The zero-order valence-corrected chi connectivity index (χ0v) is 16.0. The lowest BCUT2D eigenvalue weighted by Crippen LogP contribution is -2.31. The molecular weight excluding hydrogens is 380 g/mol. The largest absolute Gasteiger partial charge is 0.350 e. The molecule has 3 rings (SSSR count). The van der Waals surface area contributed by atoms with Crippen molar-refractivity contribution in [2.24, 2.45) is 0 Å². The van der Waals surface area contributed by atoms with Gasteiger partial charge in [-0.25, -0.2) is 18.6 Å². The van der Waals surface area contributed by atoms with Crippen LogP contribution in [-0.2, 0) is 6.54 Å². The van der Waals surface area contributed by atoms with Gasteiger partial charge in [0.25, 0.3) is 5.91 Å². The van der Waals surface area contributed by atoms with Gasteiger partial charge in [0.2, 0.25) is 0 Å². The summed E-state index contributed by atoms with van der Waals surface area (Å²) in [6.45, 7) is 4.46. The van der Waals surface area contributed by atoms with Crippen LogP contribution < -0.4 is 16.0 Å². The lowest BCUT2D eigenvalue weighted by molar-refractivity contribution is 0.0943. The molecule has 0 unspecified atom stereocenters. The number of carbonyl (C=O) groups excluding carboxylic acids is 2. The summed E-state index contributed by atoms with van der Waals surface area (Å²) in [4.78, 5) is 28.3. The SMILES string of the molecule is CC(C)NC(=O)c1ccc2c(c1)ncn2CCNC(=O)Nc1ccc(F)cc1F. The average molecular weight is 401 g/mol. The highest BCUT2D eigenvalue weighted by molar-refractivity contribution is 5.97. The van der Waals surface area contributed by atoms with Crippen molar-refractivity contribution in [1.29, 1.82) is 0 Å². The van der Waals surface area contributed by atoms with Gasteiger partial charge in [-0.1, -0.05) is 0 Å². The van der Waals surface area contributed by atoms with Crippen molar-refractivity contribution in [2.75, 3.05) is 11.9 Å². The van der Waals surface area contributed by atoms with E-state index in [2.05, 4.69) is 20.9 Å². The van der Waals surface area contributed by atoms with Crippen molar-refractivity contribution in [2.45, 2.75) is 26.4 Å². The molecule has 9 heteroatoms. The molecule has 3 N–H and O–H groups in total. The topological polar surface area (TPSA) is 88.1 Å². The van der Waals surface area contributed by atoms with Crippen LogP contribution in [0.4, 0.5) is 19.3 Å². The number of aromatic nitrogens is 2. The van der Waals surface area contributed by atoms with Gasteiger partial charge in [-0.15, -0.1) is 0 Å². The molecule has 0 aliphatic carbocycles. The number of fused-ring (bicyclic) bond motifs is 1. The summed E-state index contributed by atoms with van der Waals surface area (Å²) in [5.74, 6) is -1.73. The number of benzene rings is 2. The molecule has 0 saturated carbocycles. The van der Waals surface area contributed by atoms with Crippen molar-refractivity contribution in [3.8, 4) is 0 Å². The fourth-order valence-electron chi connectivity index (χ4n) is 2.78. The molecule has 1 heterocycles. The fraction of sp³-hybridized carbons (Fsp3) is 0.250. The first-order chi connectivity index (χ1) is 13.8. The molecule has 3 aromatic rings. The number of hydrogen-bond donors (Lipinski definition) is 3. The Kier molecular flexibility index (Phi) is 6.06. The minimum Gasteiger partial charge on any atom is -0.350 e. The number of carbonyl (C=O) groups is 2. The number of anilines is 1. The normalized spacial score (nSPS) is 10.9. The van der Waals surface area contributed by atoms with Gasteiger partial charge in [-0.3, -0.25) is 4.79 Å². The predicted octanol–water partition coefficient (Wildman–Crippen LogP) is 3.27. The van der Waals surface area contributed by atoms with E-state index < -0.39 is 17.7 Å². The van der Waals surface area contributed by atoms with Crippen LogP contribution in [0.25, 0.3) is 11.0 Å². The minimum atomic E-state index is -0.849. The van der Waals surface area contributed by atoms with Crippen LogP contribution in [0.1, 0.15) is 24.2 Å². The second-order valence-electron chi connectivity index (χ2n) is 6.77. The van der Waals surface area contributed by atoms with E-state index >= 15 is 0 Å².